The van der Waals surface area contributed by atoms with Crippen molar-refractivity contribution in [1.82, 2.24) is 10.2 Å². The highest BCUT2D eigenvalue weighted by molar-refractivity contribution is 5.80. The van der Waals surface area contributed by atoms with Gasteiger partial charge in [-0.05, 0) is 26.8 Å². The molecule has 1 atom stereocenters. The Morgan fingerprint density at radius 2 is 2.31 bits per heavy atom. The average molecular weight is 229 g/mol. The lowest BCUT2D eigenvalue weighted by Gasteiger charge is -2.22. The highest BCUT2D eigenvalue weighted by Gasteiger charge is 2.27. The van der Waals surface area contributed by atoms with E-state index in [2.05, 4.69) is 10.2 Å². The van der Waals surface area contributed by atoms with E-state index in [9.17, 15) is 4.79 Å². The molecule has 1 unspecified atom stereocenters. The first-order chi connectivity index (χ1) is 7.63. The van der Waals surface area contributed by atoms with Gasteiger partial charge in [0.25, 0.3) is 0 Å². The number of rotatable bonds is 9. The van der Waals surface area contributed by atoms with E-state index >= 15 is 0 Å². The first kappa shape index (κ1) is 13.4. The van der Waals surface area contributed by atoms with Crippen LogP contribution in [0.3, 0.4) is 0 Å². The van der Waals surface area contributed by atoms with E-state index in [1.807, 2.05) is 14.0 Å². The summed E-state index contributed by atoms with van der Waals surface area (Å²) in [7, 11) is 1.98. The van der Waals surface area contributed by atoms with Crippen LogP contribution in [0.5, 0.6) is 0 Å². The van der Waals surface area contributed by atoms with Gasteiger partial charge in [-0.15, -0.1) is 0 Å². The molecule has 94 valence electrons. The molecule has 16 heavy (non-hydrogen) atoms. The largest absolute Gasteiger partial charge is 0.380 e. The number of hydrogen-bond donors (Lipinski definition) is 2. The number of hydrogen-bond acceptors (Lipinski definition) is 4. The molecule has 0 aromatic heterocycles. The Balaban J connectivity index is 2.20. The van der Waals surface area contributed by atoms with Crippen LogP contribution >= 0.6 is 0 Å². The van der Waals surface area contributed by atoms with Crippen molar-refractivity contribution >= 4 is 5.91 Å². The molecule has 5 nitrogen and oxygen atoms in total. The summed E-state index contributed by atoms with van der Waals surface area (Å²) in [5, 5.41) is 3.25. The molecule has 0 aromatic carbocycles. The molecule has 0 bridgehead atoms. The van der Waals surface area contributed by atoms with E-state index in [0.29, 0.717) is 19.2 Å². The standard InChI is InChI=1S/C11H23N3O2/c1-3-16-7-6-14(2)8-10(11(12)15)13-9-4-5-9/h9-10,13H,3-8H2,1-2H3,(H2,12,15). The van der Waals surface area contributed by atoms with Gasteiger partial charge in [-0.1, -0.05) is 0 Å². The smallest absolute Gasteiger partial charge is 0.235 e. The lowest BCUT2D eigenvalue weighted by Crippen LogP contribution is -2.49. The maximum atomic E-state index is 11.2. The second-order valence-electron chi connectivity index (χ2n) is 4.36. The molecule has 3 N–H and O–H groups in total. The number of nitrogens with two attached hydrogens (primary N) is 1. The van der Waals surface area contributed by atoms with Gasteiger partial charge in [-0.2, -0.15) is 0 Å². The number of primary amides is 1. The summed E-state index contributed by atoms with van der Waals surface area (Å²) >= 11 is 0. The summed E-state index contributed by atoms with van der Waals surface area (Å²) in [6, 6.07) is 0.261. The summed E-state index contributed by atoms with van der Waals surface area (Å²) in [4.78, 5) is 13.3. The van der Waals surface area contributed by atoms with Crippen LogP contribution in [0.25, 0.3) is 0 Å². The minimum absolute atomic E-state index is 0.237. The highest BCUT2D eigenvalue weighted by atomic mass is 16.5. The van der Waals surface area contributed by atoms with Gasteiger partial charge in [0.2, 0.25) is 5.91 Å². The van der Waals surface area contributed by atoms with Gasteiger partial charge >= 0.3 is 0 Å². The summed E-state index contributed by atoms with van der Waals surface area (Å²) in [5.41, 5.74) is 5.36. The molecule has 1 amide bonds. The molecule has 1 rings (SSSR count). The van der Waals surface area contributed by atoms with E-state index in [1.165, 1.54) is 0 Å². The van der Waals surface area contributed by atoms with E-state index in [4.69, 9.17) is 10.5 Å². The van der Waals surface area contributed by atoms with Crippen LogP contribution in [0.1, 0.15) is 19.8 Å². The van der Waals surface area contributed by atoms with Crippen LogP contribution in [0.4, 0.5) is 0 Å². The fourth-order valence-electron chi connectivity index (χ4n) is 1.53. The third-order valence-electron chi connectivity index (χ3n) is 2.67. The van der Waals surface area contributed by atoms with Crippen molar-refractivity contribution in [3.05, 3.63) is 0 Å². The summed E-state index contributed by atoms with van der Waals surface area (Å²) in [6.45, 7) is 4.87. The molecule has 1 aliphatic rings. The second-order valence-corrected chi connectivity index (χ2v) is 4.36. The summed E-state index contributed by atoms with van der Waals surface area (Å²) < 4.78 is 5.26. The van der Waals surface area contributed by atoms with E-state index in [0.717, 1.165) is 26.0 Å². The van der Waals surface area contributed by atoms with E-state index < -0.39 is 0 Å². The number of carbonyl (C=O) groups is 1. The van der Waals surface area contributed by atoms with Crippen molar-refractivity contribution in [2.75, 3.05) is 33.4 Å². The predicted octanol–water partition coefficient (Wildman–Crippen LogP) is -0.439. The van der Waals surface area contributed by atoms with Crippen LogP contribution < -0.4 is 11.1 Å². The quantitative estimate of drug-likeness (QED) is 0.526. The zero-order chi connectivity index (χ0) is 12.0. The van der Waals surface area contributed by atoms with Crippen LogP contribution in [-0.2, 0) is 9.53 Å². The Kier molecular flexibility index (Phi) is 5.73. The molecular weight excluding hydrogens is 206 g/mol. The minimum atomic E-state index is -0.268. The molecule has 0 saturated heterocycles. The zero-order valence-corrected chi connectivity index (χ0v) is 10.2. The van der Waals surface area contributed by atoms with Crippen molar-refractivity contribution in [3.63, 3.8) is 0 Å². The first-order valence-electron chi connectivity index (χ1n) is 5.95. The number of amides is 1. The predicted molar refractivity (Wildman–Crippen MR) is 63.1 cm³/mol. The third kappa shape index (κ3) is 5.44. The monoisotopic (exact) mass is 229 g/mol. The highest BCUT2D eigenvalue weighted by Crippen LogP contribution is 2.19. The van der Waals surface area contributed by atoms with Crippen molar-refractivity contribution in [2.45, 2.75) is 31.8 Å². The molecule has 0 spiro atoms. The lowest BCUT2D eigenvalue weighted by atomic mass is 10.2. The van der Waals surface area contributed by atoms with Crippen LogP contribution in [-0.4, -0.2) is 56.2 Å². The van der Waals surface area contributed by atoms with Crippen molar-refractivity contribution in [3.8, 4) is 0 Å². The molecule has 1 aliphatic carbocycles. The first-order valence-corrected chi connectivity index (χ1v) is 5.95. The molecule has 1 fully saturated rings. The molecule has 5 heteroatoms. The van der Waals surface area contributed by atoms with Gasteiger partial charge in [-0.25, -0.2) is 0 Å². The van der Waals surface area contributed by atoms with Crippen LogP contribution in [0, 0.1) is 0 Å². The number of carbonyl (C=O) groups excluding carboxylic acids is 1. The maximum absolute atomic E-state index is 11.2. The van der Waals surface area contributed by atoms with Gasteiger partial charge < -0.3 is 20.7 Å². The minimum Gasteiger partial charge on any atom is -0.380 e. The number of ether oxygens (including phenoxy) is 1. The normalized spacial score (nSPS) is 17.7. The molecule has 0 radical (unpaired) electrons. The van der Waals surface area contributed by atoms with Crippen LogP contribution in [0.2, 0.25) is 0 Å². The third-order valence-corrected chi connectivity index (χ3v) is 2.67. The number of nitrogens with zero attached hydrogens (tertiary/aromatic N) is 1. The van der Waals surface area contributed by atoms with Gasteiger partial charge in [0.1, 0.15) is 0 Å². The Morgan fingerprint density at radius 3 is 2.81 bits per heavy atom. The maximum Gasteiger partial charge on any atom is 0.235 e. The molecule has 0 aliphatic heterocycles. The Bertz CT molecular complexity index is 219. The molecule has 1 saturated carbocycles. The topological polar surface area (TPSA) is 67.6 Å². The Morgan fingerprint density at radius 1 is 1.62 bits per heavy atom. The van der Waals surface area contributed by atoms with Crippen LogP contribution in [0.15, 0.2) is 0 Å². The lowest BCUT2D eigenvalue weighted by molar-refractivity contribution is -0.120. The molecule has 0 aromatic rings. The van der Waals surface area contributed by atoms with E-state index in [-0.39, 0.29) is 11.9 Å². The Labute approximate surface area is 97.3 Å². The Hall–Kier alpha value is -0.650. The van der Waals surface area contributed by atoms with Gasteiger partial charge in [0, 0.05) is 25.7 Å². The SMILES string of the molecule is CCOCCN(C)CC(NC1CC1)C(N)=O. The zero-order valence-electron chi connectivity index (χ0n) is 10.2. The average Bonchev–Trinajstić information content (AvgIpc) is 3.01. The summed E-state index contributed by atoms with van der Waals surface area (Å²) in [5.74, 6) is -0.268. The fraction of sp³-hybridized carbons (Fsp3) is 0.909. The van der Waals surface area contributed by atoms with Crippen molar-refractivity contribution < 1.29 is 9.53 Å². The van der Waals surface area contributed by atoms with Gasteiger partial charge in [0.15, 0.2) is 0 Å². The van der Waals surface area contributed by atoms with Crippen molar-refractivity contribution in [1.29, 1.82) is 0 Å². The molecular formula is C11H23N3O2. The number of likely N-dealkylation sites (N-methyl/N-ethyl adjacent to an activating group) is 1. The fourth-order valence-corrected chi connectivity index (χ4v) is 1.53. The van der Waals surface area contributed by atoms with Crippen molar-refractivity contribution in [2.24, 2.45) is 5.73 Å². The molecule has 0 heterocycles. The second kappa shape index (κ2) is 6.83. The van der Waals surface area contributed by atoms with Gasteiger partial charge in [-0.3, -0.25) is 4.79 Å². The summed E-state index contributed by atoms with van der Waals surface area (Å²) in [6.07, 6.45) is 2.32. The van der Waals surface area contributed by atoms with E-state index in [1.54, 1.807) is 0 Å². The van der Waals surface area contributed by atoms with Gasteiger partial charge in [0.05, 0.1) is 12.6 Å². The number of nitrogens with one attached hydrogen (secondary N) is 1.